The first-order valence-electron chi connectivity index (χ1n) is 15.3. The molecule has 224 valence electrons. The maximum Gasteiger partial charge on any atom is 0.339 e. The highest BCUT2D eigenvalue weighted by molar-refractivity contribution is 5.91. The summed E-state index contributed by atoms with van der Waals surface area (Å²) in [5, 5.41) is 19.1. The van der Waals surface area contributed by atoms with E-state index >= 15 is 0 Å². The molecule has 0 spiro atoms. The maximum atomic E-state index is 11.4. The highest BCUT2D eigenvalue weighted by Crippen LogP contribution is 2.28. The molecule has 0 aliphatic heterocycles. The van der Waals surface area contributed by atoms with Crippen LogP contribution in [0.25, 0.3) is 0 Å². The standard InChI is InChI=1S/C41H42O3/c1-25-17-26(2)36(27(3)18-25)21-32-11-13-34(14-12-32)23-38-29(5)19-28(4)37(30(38)6)22-33-9-7-31(8-10-33)20-35-15-16-40(42)39(24-35)41(43)44/h7-19,24,42H,20-23H2,1-6H3,(H,43,44). The molecule has 0 aliphatic carbocycles. The first kappa shape index (κ1) is 30.8. The van der Waals surface area contributed by atoms with Crippen LogP contribution in [-0.4, -0.2) is 16.2 Å². The molecule has 5 aromatic carbocycles. The van der Waals surface area contributed by atoms with Crippen LogP contribution in [0.5, 0.6) is 5.75 Å². The number of rotatable bonds is 9. The van der Waals surface area contributed by atoms with Gasteiger partial charge in [0, 0.05) is 0 Å². The van der Waals surface area contributed by atoms with E-state index in [2.05, 4.69) is 108 Å². The van der Waals surface area contributed by atoms with Crippen molar-refractivity contribution in [3.63, 3.8) is 0 Å². The van der Waals surface area contributed by atoms with Crippen LogP contribution >= 0.6 is 0 Å². The number of carboxylic acid groups (broad SMARTS) is 1. The minimum Gasteiger partial charge on any atom is -0.507 e. The van der Waals surface area contributed by atoms with Crippen LogP contribution in [0, 0.1) is 41.5 Å². The van der Waals surface area contributed by atoms with E-state index in [0.717, 1.165) is 30.4 Å². The number of aromatic hydroxyl groups is 1. The van der Waals surface area contributed by atoms with Gasteiger partial charge in [-0.1, -0.05) is 78.4 Å². The Bertz CT molecular complexity index is 1800. The van der Waals surface area contributed by atoms with Crippen molar-refractivity contribution in [2.45, 2.75) is 67.2 Å². The molecule has 0 unspecified atom stereocenters. The van der Waals surface area contributed by atoms with Crippen molar-refractivity contribution < 1.29 is 15.0 Å². The molecule has 5 aromatic rings. The molecule has 0 saturated carbocycles. The molecule has 0 amide bonds. The normalized spacial score (nSPS) is 11.1. The van der Waals surface area contributed by atoms with E-state index in [9.17, 15) is 15.0 Å². The lowest BCUT2D eigenvalue weighted by Crippen LogP contribution is -2.04. The van der Waals surface area contributed by atoms with Gasteiger partial charge in [-0.3, -0.25) is 0 Å². The fraction of sp³-hybridized carbons (Fsp3) is 0.244. The van der Waals surface area contributed by atoms with Crippen molar-refractivity contribution in [1.29, 1.82) is 0 Å². The average molecular weight is 583 g/mol. The van der Waals surface area contributed by atoms with E-state index in [4.69, 9.17) is 0 Å². The number of aryl methyl sites for hydroxylation is 5. The third kappa shape index (κ3) is 6.94. The summed E-state index contributed by atoms with van der Waals surface area (Å²) in [4.78, 5) is 11.4. The van der Waals surface area contributed by atoms with Gasteiger partial charge in [0.1, 0.15) is 11.3 Å². The first-order valence-corrected chi connectivity index (χ1v) is 15.3. The SMILES string of the molecule is Cc1cc(C)c(Cc2ccc(Cc3c(C)cc(C)c(Cc4ccc(Cc5ccc(O)c(C(=O)O)c5)cc4)c3C)cc2)c(C)c1. The van der Waals surface area contributed by atoms with Crippen molar-refractivity contribution in [2.24, 2.45) is 0 Å². The van der Waals surface area contributed by atoms with Crippen molar-refractivity contribution in [3.8, 4) is 5.75 Å². The van der Waals surface area contributed by atoms with Crippen LogP contribution in [0.3, 0.4) is 0 Å². The molecule has 0 aromatic heterocycles. The summed E-state index contributed by atoms with van der Waals surface area (Å²) in [7, 11) is 0. The fourth-order valence-electron chi connectivity index (χ4n) is 6.57. The minimum atomic E-state index is -1.12. The predicted molar refractivity (Wildman–Crippen MR) is 180 cm³/mol. The molecule has 0 aliphatic rings. The maximum absolute atomic E-state index is 11.4. The van der Waals surface area contributed by atoms with E-state index in [1.54, 1.807) is 12.1 Å². The second-order valence-electron chi connectivity index (χ2n) is 12.5. The van der Waals surface area contributed by atoms with Gasteiger partial charge in [0.05, 0.1) is 0 Å². The largest absolute Gasteiger partial charge is 0.507 e. The molecular weight excluding hydrogens is 540 g/mol. The van der Waals surface area contributed by atoms with Gasteiger partial charge in [-0.15, -0.1) is 0 Å². The monoisotopic (exact) mass is 582 g/mol. The molecule has 0 bridgehead atoms. The second kappa shape index (κ2) is 12.9. The second-order valence-corrected chi connectivity index (χ2v) is 12.5. The number of phenols is 1. The Hall–Kier alpha value is -4.63. The highest BCUT2D eigenvalue weighted by atomic mass is 16.4. The summed E-state index contributed by atoms with van der Waals surface area (Å²) in [6.07, 6.45) is 3.35. The van der Waals surface area contributed by atoms with Crippen molar-refractivity contribution in [1.82, 2.24) is 0 Å². The Morgan fingerprint density at radius 3 is 1.34 bits per heavy atom. The number of hydrogen-bond donors (Lipinski definition) is 2. The van der Waals surface area contributed by atoms with Crippen LogP contribution < -0.4 is 0 Å². The molecule has 3 nitrogen and oxygen atoms in total. The zero-order chi connectivity index (χ0) is 31.5. The quantitative estimate of drug-likeness (QED) is 0.182. The Morgan fingerprint density at radius 1 is 0.500 bits per heavy atom. The summed E-state index contributed by atoms with van der Waals surface area (Å²) in [5.41, 5.74) is 18.1. The molecular formula is C41H42O3. The molecule has 0 saturated heterocycles. The van der Waals surface area contributed by atoms with Gasteiger partial charge < -0.3 is 10.2 Å². The van der Waals surface area contributed by atoms with E-state index < -0.39 is 5.97 Å². The van der Waals surface area contributed by atoms with Crippen LogP contribution in [0.2, 0.25) is 0 Å². The number of carbonyl (C=O) groups is 1. The fourth-order valence-corrected chi connectivity index (χ4v) is 6.57. The van der Waals surface area contributed by atoms with Gasteiger partial charge in [0.25, 0.3) is 0 Å². The molecule has 0 fully saturated rings. The average Bonchev–Trinajstić information content (AvgIpc) is 2.97. The summed E-state index contributed by atoms with van der Waals surface area (Å²) in [6, 6.07) is 29.4. The van der Waals surface area contributed by atoms with E-state index in [0.29, 0.717) is 6.42 Å². The Kier molecular flexibility index (Phi) is 9.06. The summed E-state index contributed by atoms with van der Waals surface area (Å²) in [6.45, 7) is 13.3. The summed E-state index contributed by atoms with van der Waals surface area (Å²) in [5.74, 6) is -1.33. The zero-order valence-electron chi connectivity index (χ0n) is 26.7. The predicted octanol–water partition coefficient (Wildman–Crippen LogP) is 9.30. The van der Waals surface area contributed by atoms with E-state index in [1.807, 2.05) is 0 Å². The van der Waals surface area contributed by atoms with Gasteiger partial charge in [0.2, 0.25) is 0 Å². The molecule has 5 rings (SSSR count). The third-order valence-electron chi connectivity index (χ3n) is 9.02. The molecule has 0 atom stereocenters. The van der Waals surface area contributed by atoms with E-state index in [-0.39, 0.29) is 11.3 Å². The van der Waals surface area contributed by atoms with Crippen LogP contribution in [0.4, 0.5) is 0 Å². The molecule has 0 radical (unpaired) electrons. The van der Waals surface area contributed by atoms with Crippen molar-refractivity contribution in [2.75, 3.05) is 0 Å². The Balaban J connectivity index is 1.30. The molecule has 2 N–H and O–H groups in total. The number of hydrogen-bond acceptors (Lipinski definition) is 2. The molecule has 44 heavy (non-hydrogen) atoms. The third-order valence-corrected chi connectivity index (χ3v) is 9.02. The minimum absolute atomic E-state index is 0.0661. The van der Waals surface area contributed by atoms with Crippen molar-refractivity contribution >= 4 is 5.97 Å². The van der Waals surface area contributed by atoms with Gasteiger partial charge >= 0.3 is 5.97 Å². The number of benzene rings is 5. The Labute approximate surface area is 261 Å². The van der Waals surface area contributed by atoms with Crippen molar-refractivity contribution in [3.05, 3.63) is 168 Å². The zero-order valence-corrected chi connectivity index (χ0v) is 26.7. The van der Waals surface area contributed by atoms with Gasteiger partial charge in [-0.05, 0) is 152 Å². The van der Waals surface area contributed by atoms with Gasteiger partial charge in [0.15, 0.2) is 0 Å². The lowest BCUT2D eigenvalue weighted by atomic mass is 9.87. The molecule has 0 heterocycles. The lowest BCUT2D eigenvalue weighted by molar-refractivity contribution is 0.0693. The highest BCUT2D eigenvalue weighted by Gasteiger charge is 2.14. The van der Waals surface area contributed by atoms with Crippen LogP contribution in [0.15, 0.2) is 84.9 Å². The Morgan fingerprint density at radius 2 is 0.886 bits per heavy atom. The van der Waals surface area contributed by atoms with E-state index in [1.165, 1.54) is 72.8 Å². The molecule has 3 heteroatoms. The number of aromatic carboxylic acids is 1. The smallest absolute Gasteiger partial charge is 0.339 e. The number of carboxylic acids is 1. The summed E-state index contributed by atoms with van der Waals surface area (Å²) >= 11 is 0. The van der Waals surface area contributed by atoms with Crippen LogP contribution in [0.1, 0.15) is 88.2 Å². The van der Waals surface area contributed by atoms with Gasteiger partial charge in [-0.25, -0.2) is 4.79 Å². The van der Waals surface area contributed by atoms with Gasteiger partial charge in [-0.2, -0.15) is 0 Å². The lowest BCUT2D eigenvalue weighted by Gasteiger charge is -2.18. The van der Waals surface area contributed by atoms with Crippen LogP contribution in [-0.2, 0) is 25.7 Å². The summed E-state index contributed by atoms with van der Waals surface area (Å²) < 4.78 is 0. The first-order chi connectivity index (χ1) is 21.0. The topological polar surface area (TPSA) is 57.5 Å².